The highest BCUT2D eigenvalue weighted by Gasteiger charge is 2.21. The minimum absolute atomic E-state index is 0.241. The van der Waals surface area contributed by atoms with E-state index >= 15 is 0 Å². The molecule has 2 aromatic heterocycles. The molecule has 0 aromatic carbocycles. The molecule has 6 heteroatoms. The number of nitrogens with one attached hydrogen (secondary N) is 1. The number of aromatic nitrogens is 4. The zero-order valence-electron chi connectivity index (χ0n) is 13.2. The lowest BCUT2D eigenvalue weighted by Crippen LogP contribution is -2.26. The number of likely N-dealkylation sites (N-methyl/N-ethyl adjacent to an activating group) is 1. The largest absolute Gasteiger partial charge is 0.336 e. The molecule has 1 atom stereocenters. The van der Waals surface area contributed by atoms with Crippen LogP contribution in [0.15, 0.2) is 17.0 Å². The molecule has 0 fully saturated rings. The van der Waals surface area contributed by atoms with Gasteiger partial charge in [0.25, 0.3) is 0 Å². The van der Waals surface area contributed by atoms with E-state index in [1.165, 1.54) is 11.4 Å². The second-order valence-electron chi connectivity index (χ2n) is 5.12. The molecular weight excluding hydrogens is 330 g/mol. The first-order valence-corrected chi connectivity index (χ1v) is 8.35. The molecule has 0 aliphatic heterocycles. The summed E-state index contributed by atoms with van der Waals surface area (Å²) < 4.78 is 5.33. The van der Waals surface area contributed by atoms with Crippen molar-refractivity contribution >= 4 is 15.9 Å². The van der Waals surface area contributed by atoms with E-state index < -0.39 is 0 Å². The van der Waals surface area contributed by atoms with Crippen molar-refractivity contribution in [2.24, 2.45) is 7.05 Å². The monoisotopic (exact) mass is 353 g/mol. The van der Waals surface area contributed by atoms with Crippen LogP contribution >= 0.6 is 15.9 Å². The van der Waals surface area contributed by atoms with Crippen molar-refractivity contribution < 1.29 is 0 Å². The van der Waals surface area contributed by atoms with E-state index in [2.05, 4.69) is 61.3 Å². The Bertz CT molecular complexity index is 587. The maximum Gasteiger partial charge on any atom is 0.0946 e. The molecule has 21 heavy (non-hydrogen) atoms. The molecular formula is C15H24BrN5. The Morgan fingerprint density at radius 3 is 2.62 bits per heavy atom. The van der Waals surface area contributed by atoms with Crippen LogP contribution < -0.4 is 5.32 Å². The van der Waals surface area contributed by atoms with E-state index in [1.54, 1.807) is 0 Å². The fraction of sp³-hybridized carbons (Fsp3) is 0.600. The Morgan fingerprint density at radius 1 is 1.33 bits per heavy atom. The van der Waals surface area contributed by atoms with E-state index in [0.29, 0.717) is 0 Å². The molecule has 0 spiro atoms. The van der Waals surface area contributed by atoms with Gasteiger partial charge in [-0.2, -0.15) is 5.10 Å². The molecule has 5 nitrogen and oxygen atoms in total. The summed E-state index contributed by atoms with van der Waals surface area (Å²) in [6.45, 7) is 8.22. The van der Waals surface area contributed by atoms with Crippen molar-refractivity contribution in [2.75, 3.05) is 6.54 Å². The zero-order chi connectivity index (χ0) is 15.4. The minimum Gasteiger partial charge on any atom is -0.336 e. The molecule has 0 saturated heterocycles. The van der Waals surface area contributed by atoms with E-state index in [0.717, 1.165) is 36.1 Å². The number of hydrogen-bond acceptors (Lipinski definition) is 3. The Morgan fingerprint density at radius 2 is 2.10 bits per heavy atom. The Balaban J connectivity index is 2.33. The number of rotatable bonds is 7. The predicted octanol–water partition coefficient (Wildman–Crippen LogP) is 2.85. The Labute approximate surface area is 134 Å². The standard InChI is InChI=1S/C15H24BrN5/c1-5-11-15(16)13(21(7-3)19-11)8-12(18-6-2)14-9-17-10-20(14)4/h9-10,12,18H,5-8H2,1-4H3. The van der Waals surface area contributed by atoms with Crippen molar-refractivity contribution in [1.82, 2.24) is 24.6 Å². The number of imidazole rings is 1. The number of hydrogen-bond donors (Lipinski definition) is 1. The number of halogens is 1. The van der Waals surface area contributed by atoms with Crippen molar-refractivity contribution in [2.45, 2.75) is 46.2 Å². The molecule has 1 N–H and O–H groups in total. The predicted molar refractivity (Wildman–Crippen MR) is 88.3 cm³/mol. The molecule has 0 aliphatic carbocycles. The number of nitrogens with zero attached hydrogens (tertiary/aromatic N) is 4. The summed E-state index contributed by atoms with van der Waals surface area (Å²) in [6.07, 6.45) is 5.63. The lowest BCUT2D eigenvalue weighted by atomic mass is 10.1. The summed E-state index contributed by atoms with van der Waals surface area (Å²) in [5.41, 5.74) is 3.58. The van der Waals surface area contributed by atoms with Crippen LogP contribution in [-0.4, -0.2) is 25.9 Å². The van der Waals surface area contributed by atoms with Gasteiger partial charge in [0, 0.05) is 26.2 Å². The summed E-state index contributed by atoms with van der Waals surface area (Å²) in [6, 6.07) is 0.241. The normalized spacial score (nSPS) is 12.8. The molecule has 1 unspecified atom stereocenters. The molecule has 2 heterocycles. The Hall–Kier alpha value is -1.14. The molecule has 0 amide bonds. The summed E-state index contributed by atoms with van der Waals surface area (Å²) in [5, 5.41) is 8.24. The fourth-order valence-electron chi connectivity index (χ4n) is 2.64. The lowest BCUT2D eigenvalue weighted by Gasteiger charge is -2.19. The topological polar surface area (TPSA) is 47.7 Å². The number of aryl methyl sites for hydroxylation is 3. The van der Waals surface area contributed by atoms with Gasteiger partial charge in [-0.05, 0) is 35.8 Å². The van der Waals surface area contributed by atoms with Gasteiger partial charge in [0.1, 0.15) is 0 Å². The van der Waals surface area contributed by atoms with Crippen LogP contribution in [0.3, 0.4) is 0 Å². The third-order valence-electron chi connectivity index (χ3n) is 3.75. The maximum atomic E-state index is 4.68. The highest BCUT2D eigenvalue weighted by molar-refractivity contribution is 9.10. The van der Waals surface area contributed by atoms with Gasteiger partial charge >= 0.3 is 0 Å². The summed E-state index contributed by atoms with van der Waals surface area (Å²) in [7, 11) is 2.04. The third kappa shape index (κ3) is 3.37. The van der Waals surface area contributed by atoms with Gasteiger partial charge in [0.05, 0.1) is 33.9 Å². The second-order valence-corrected chi connectivity index (χ2v) is 5.91. The average molecular weight is 354 g/mol. The van der Waals surface area contributed by atoms with Crippen LogP contribution in [0.5, 0.6) is 0 Å². The minimum atomic E-state index is 0.241. The van der Waals surface area contributed by atoms with Crippen molar-refractivity contribution in [3.8, 4) is 0 Å². The van der Waals surface area contributed by atoms with Gasteiger partial charge in [0.2, 0.25) is 0 Å². The van der Waals surface area contributed by atoms with Gasteiger partial charge in [-0.1, -0.05) is 13.8 Å². The van der Waals surface area contributed by atoms with E-state index in [1.807, 2.05) is 19.6 Å². The first kappa shape index (κ1) is 16.2. The van der Waals surface area contributed by atoms with Crippen molar-refractivity contribution in [3.63, 3.8) is 0 Å². The summed E-state index contributed by atoms with van der Waals surface area (Å²) in [4.78, 5) is 4.24. The second kappa shape index (κ2) is 7.22. The molecule has 0 aliphatic rings. The molecule has 2 aromatic rings. The highest BCUT2D eigenvalue weighted by atomic mass is 79.9. The summed E-state index contributed by atoms with van der Waals surface area (Å²) in [5.74, 6) is 0. The first-order chi connectivity index (χ1) is 10.1. The van der Waals surface area contributed by atoms with Crippen LogP contribution in [0.1, 0.15) is 43.9 Å². The van der Waals surface area contributed by atoms with Gasteiger partial charge in [-0.15, -0.1) is 0 Å². The highest BCUT2D eigenvalue weighted by Crippen LogP contribution is 2.27. The van der Waals surface area contributed by atoms with Gasteiger partial charge in [0.15, 0.2) is 0 Å². The van der Waals surface area contributed by atoms with E-state index in [4.69, 9.17) is 0 Å². The third-order valence-corrected chi connectivity index (χ3v) is 4.67. The fourth-order valence-corrected chi connectivity index (χ4v) is 3.36. The molecule has 2 rings (SSSR count). The molecule has 0 radical (unpaired) electrons. The Kier molecular flexibility index (Phi) is 5.58. The van der Waals surface area contributed by atoms with E-state index in [9.17, 15) is 0 Å². The van der Waals surface area contributed by atoms with Crippen molar-refractivity contribution in [3.05, 3.63) is 34.1 Å². The van der Waals surface area contributed by atoms with E-state index in [-0.39, 0.29) is 6.04 Å². The van der Waals surface area contributed by atoms with Crippen LogP contribution in [0.2, 0.25) is 0 Å². The van der Waals surface area contributed by atoms with Crippen LogP contribution in [-0.2, 0) is 26.4 Å². The maximum absolute atomic E-state index is 4.68. The van der Waals surface area contributed by atoms with Crippen LogP contribution in [0.4, 0.5) is 0 Å². The molecule has 0 saturated carbocycles. The van der Waals surface area contributed by atoms with Gasteiger partial charge < -0.3 is 9.88 Å². The van der Waals surface area contributed by atoms with Crippen LogP contribution in [0, 0.1) is 0 Å². The zero-order valence-corrected chi connectivity index (χ0v) is 14.8. The van der Waals surface area contributed by atoms with Crippen molar-refractivity contribution in [1.29, 1.82) is 0 Å². The molecule has 0 bridgehead atoms. The quantitative estimate of drug-likeness (QED) is 0.832. The van der Waals surface area contributed by atoms with Gasteiger partial charge in [-0.3, -0.25) is 4.68 Å². The first-order valence-electron chi connectivity index (χ1n) is 7.55. The smallest absolute Gasteiger partial charge is 0.0946 e. The lowest BCUT2D eigenvalue weighted by molar-refractivity contribution is 0.494. The van der Waals surface area contributed by atoms with Gasteiger partial charge in [-0.25, -0.2) is 4.98 Å². The van der Waals surface area contributed by atoms with Crippen LogP contribution in [0.25, 0.3) is 0 Å². The summed E-state index contributed by atoms with van der Waals surface area (Å²) >= 11 is 3.73. The SMILES string of the molecule is CCNC(Cc1c(Br)c(CC)nn1CC)c1cncn1C. The average Bonchev–Trinajstić information content (AvgIpc) is 3.03. The molecule has 116 valence electrons.